The van der Waals surface area contributed by atoms with Gasteiger partial charge in [-0.15, -0.1) is 13.2 Å². The van der Waals surface area contributed by atoms with Gasteiger partial charge in [-0.25, -0.2) is 0 Å². The van der Waals surface area contributed by atoms with Crippen LogP contribution < -0.4 is 10.2 Å². The molecule has 12 heteroatoms. The first-order valence-corrected chi connectivity index (χ1v) is 18.4. The van der Waals surface area contributed by atoms with Crippen molar-refractivity contribution in [1.82, 2.24) is 10.2 Å². The Bertz CT molecular complexity index is 1570. The normalized spacial score (nSPS) is 25.6. The third kappa shape index (κ3) is 7.42. The fourth-order valence-electron chi connectivity index (χ4n) is 7.70. The SMILES string of the molecule is C=CCCC(=O)OC[C@H](NC(=O)[C@H]1[C@@H]2O[C@@]3(CC2Br)[C@@H]1C(=O)N(CCCCCO)[C@@H]3C(=O)N(CC=C)c1c(C)cccc1Cl)c1ccccc1. The molecule has 50 heavy (non-hydrogen) atoms. The molecule has 3 aliphatic rings. The fourth-order valence-corrected chi connectivity index (χ4v) is 8.96. The van der Waals surface area contributed by atoms with E-state index in [0.29, 0.717) is 42.8 Å². The molecule has 5 rings (SSSR count). The Hall–Kier alpha value is -3.51. The number of benzene rings is 2. The van der Waals surface area contributed by atoms with Gasteiger partial charge in [0, 0.05) is 30.9 Å². The van der Waals surface area contributed by atoms with E-state index in [0.717, 1.165) is 11.1 Å². The highest BCUT2D eigenvalue weighted by Gasteiger charge is 2.76. The van der Waals surface area contributed by atoms with E-state index in [1.807, 2.05) is 49.4 Å². The Morgan fingerprint density at radius 3 is 2.60 bits per heavy atom. The minimum absolute atomic E-state index is 0.0201. The van der Waals surface area contributed by atoms with Crippen molar-refractivity contribution in [1.29, 1.82) is 0 Å². The quantitative estimate of drug-likeness (QED) is 0.0950. The summed E-state index contributed by atoms with van der Waals surface area (Å²) in [5, 5.41) is 12.8. The summed E-state index contributed by atoms with van der Waals surface area (Å²) in [6.07, 6.45) is 5.31. The first-order valence-electron chi connectivity index (χ1n) is 17.1. The van der Waals surface area contributed by atoms with Crippen molar-refractivity contribution in [2.45, 2.75) is 74.1 Å². The topological polar surface area (TPSA) is 125 Å². The monoisotopic (exact) mass is 769 g/mol. The van der Waals surface area contributed by atoms with Crippen LogP contribution in [0.5, 0.6) is 0 Å². The summed E-state index contributed by atoms with van der Waals surface area (Å²) >= 11 is 10.4. The van der Waals surface area contributed by atoms with Gasteiger partial charge in [0.1, 0.15) is 18.2 Å². The van der Waals surface area contributed by atoms with E-state index in [1.165, 1.54) is 0 Å². The molecule has 3 fully saturated rings. The predicted octanol–water partition coefficient (Wildman–Crippen LogP) is 5.44. The molecule has 3 saturated heterocycles. The number of likely N-dealkylation sites (tertiary alicyclic amines) is 1. The van der Waals surface area contributed by atoms with E-state index in [4.69, 9.17) is 21.1 Å². The number of rotatable bonds is 17. The lowest BCUT2D eigenvalue weighted by molar-refractivity contribution is -0.145. The number of nitrogens with one attached hydrogen (secondary N) is 1. The summed E-state index contributed by atoms with van der Waals surface area (Å²) in [5.41, 5.74) is 0.750. The van der Waals surface area contributed by atoms with Crippen molar-refractivity contribution in [3.8, 4) is 0 Å². The van der Waals surface area contributed by atoms with E-state index >= 15 is 0 Å². The summed E-state index contributed by atoms with van der Waals surface area (Å²) in [4.78, 5) is 59.1. The second kappa shape index (κ2) is 16.7. The van der Waals surface area contributed by atoms with Gasteiger partial charge >= 0.3 is 5.97 Å². The standard InChI is InChI=1S/C38H45BrClN3O7/c1-4-6-18-29(45)49-23-28(25-15-9-7-10-16-25)41-35(46)30-31-36(47)43(20-11-8-12-21-44)34(38(31)22-26(39)33(30)50-38)37(48)42(19-5-2)32-24(3)14-13-17-27(32)40/h4-5,7,9-10,13-17,26,28,30-31,33-34,44H,1-2,6,8,11-12,18-23H2,3H3,(H,41,46)/t26?,28-,30+,31-,33+,34+,38-/m0/s1. The molecule has 0 saturated carbocycles. The average Bonchev–Trinajstić information content (AvgIpc) is 3.70. The molecule has 2 bridgehead atoms. The molecular formula is C38H45BrClN3O7. The molecule has 2 aromatic carbocycles. The van der Waals surface area contributed by atoms with Crippen LogP contribution in [0.2, 0.25) is 5.02 Å². The number of para-hydroxylation sites is 1. The van der Waals surface area contributed by atoms with Crippen LogP contribution in [0.1, 0.15) is 55.7 Å². The van der Waals surface area contributed by atoms with Gasteiger partial charge in [-0.05, 0) is 56.2 Å². The maximum Gasteiger partial charge on any atom is 0.306 e. The molecular weight excluding hydrogens is 726 g/mol. The van der Waals surface area contributed by atoms with Gasteiger partial charge in [0.05, 0.1) is 34.7 Å². The molecule has 0 aliphatic carbocycles. The van der Waals surface area contributed by atoms with E-state index in [1.54, 1.807) is 28.0 Å². The van der Waals surface area contributed by atoms with Crippen LogP contribution in [0.25, 0.3) is 0 Å². The van der Waals surface area contributed by atoms with Crippen LogP contribution in [0.15, 0.2) is 73.8 Å². The fraction of sp³-hybridized carbons (Fsp3) is 0.474. The summed E-state index contributed by atoms with van der Waals surface area (Å²) in [7, 11) is 0. The molecule has 3 aliphatic heterocycles. The summed E-state index contributed by atoms with van der Waals surface area (Å²) in [5.74, 6) is -3.38. The number of carbonyl (C=O) groups is 4. The van der Waals surface area contributed by atoms with Crippen molar-refractivity contribution in [2.75, 3.05) is 31.2 Å². The van der Waals surface area contributed by atoms with Crippen LogP contribution in [0, 0.1) is 18.8 Å². The molecule has 268 valence electrons. The highest BCUT2D eigenvalue weighted by atomic mass is 79.9. The van der Waals surface area contributed by atoms with Crippen LogP contribution in [-0.4, -0.2) is 82.6 Å². The number of carbonyl (C=O) groups excluding carboxylic acids is 4. The maximum absolute atomic E-state index is 14.9. The molecule has 10 nitrogen and oxygen atoms in total. The smallest absolute Gasteiger partial charge is 0.306 e. The number of ether oxygens (including phenoxy) is 2. The Morgan fingerprint density at radius 2 is 1.92 bits per heavy atom. The van der Waals surface area contributed by atoms with Crippen molar-refractivity contribution in [3.05, 3.63) is 90.0 Å². The van der Waals surface area contributed by atoms with Crippen molar-refractivity contribution >= 4 is 56.9 Å². The van der Waals surface area contributed by atoms with Crippen molar-refractivity contribution in [2.24, 2.45) is 11.8 Å². The van der Waals surface area contributed by atoms with Gasteiger partial charge in [0.25, 0.3) is 5.91 Å². The zero-order valence-electron chi connectivity index (χ0n) is 28.3. The number of nitrogens with zero attached hydrogens (tertiary/aromatic N) is 2. The summed E-state index contributed by atoms with van der Waals surface area (Å²) in [6, 6.07) is 12.9. The van der Waals surface area contributed by atoms with Gasteiger partial charge in [0.2, 0.25) is 11.8 Å². The summed E-state index contributed by atoms with van der Waals surface area (Å²) < 4.78 is 12.3. The number of alkyl halides is 1. The van der Waals surface area contributed by atoms with Crippen molar-refractivity contribution < 1.29 is 33.8 Å². The number of hydrogen-bond acceptors (Lipinski definition) is 7. The second-order valence-corrected chi connectivity index (χ2v) is 14.7. The number of esters is 1. The van der Waals surface area contributed by atoms with Crippen LogP contribution in [-0.2, 0) is 28.7 Å². The van der Waals surface area contributed by atoms with Gasteiger partial charge in [-0.3, -0.25) is 19.2 Å². The van der Waals surface area contributed by atoms with Crippen LogP contribution in [0.3, 0.4) is 0 Å². The van der Waals surface area contributed by atoms with E-state index in [2.05, 4.69) is 34.4 Å². The lowest BCUT2D eigenvalue weighted by atomic mass is 9.70. The number of anilines is 1. The molecule has 0 radical (unpaired) electrons. The van der Waals surface area contributed by atoms with Crippen molar-refractivity contribution in [3.63, 3.8) is 0 Å². The number of hydrogen-bond donors (Lipinski definition) is 2. The highest BCUT2D eigenvalue weighted by Crippen LogP contribution is 2.60. The van der Waals surface area contributed by atoms with E-state index < -0.39 is 47.5 Å². The van der Waals surface area contributed by atoms with Gasteiger partial charge in [-0.2, -0.15) is 0 Å². The Balaban J connectivity index is 1.50. The molecule has 1 spiro atoms. The first-order chi connectivity index (χ1) is 24.1. The second-order valence-electron chi connectivity index (χ2n) is 13.1. The lowest BCUT2D eigenvalue weighted by Gasteiger charge is -2.37. The molecule has 7 atom stereocenters. The predicted molar refractivity (Wildman–Crippen MR) is 195 cm³/mol. The minimum atomic E-state index is -1.29. The van der Waals surface area contributed by atoms with Gasteiger partial charge in [0.15, 0.2) is 0 Å². The Kier molecular flexibility index (Phi) is 12.6. The highest BCUT2D eigenvalue weighted by molar-refractivity contribution is 9.09. The van der Waals surface area contributed by atoms with Gasteiger partial charge < -0.3 is 29.7 Å². The van der Waals surface area contributed by atoms with E-state index in [9.17, 15) is 24.3 Å². The Labute approximate surface area is 306 Å². The number of aliphatic hydroxyl groups is 1. The third-order valence-electron chi connectivity index (χ3n) is 9.90. The number of amides is 3. The molecule has 0 aromatic heterocycles. The lowest BCUT2D eigenvalue weighted by Crippen LogP contribution is -2.57. The van der Waals surface area contributed by atoms with Gasteiger partial charge in [-0.1, -0.05) is 82.1 Å². The molecule has 1 unspecified atom stereocenters. The largest absolute Gasteiger partial charge is 0.463 e. The number of aryl methyl sites for hydroxylation is 1. The third-order valence-corrected chi connectivity index (χ3v) is 11.1. The summed E-state index contributed by atoms with van der Waals surface area (Å²) in [6.45, 7) is 9.71. The number of allylic oxidation sites excluding steroid dienone is 1. The number of unbranched alkanes of at least 4 members (excludes halogenated alkanes) is 2. The molecule has 2 aromatic rings. The zero-order chi connectivity index (χ0) is 36.0. The molecule has 3 amide bonds. The average molecular weight is 771 g/mol. The number of fused-ring (bicyclic) bond motifs is 1. The Morgan fingerprint density at radius 1 is 1.16 bits per heavy atom. The first kappa shape index (κ1) is 37.7. The van der Waals surface area contributed by atoms with E-state index in [-0.39, 0.29) is 49.4 Å². The molecule has 2 N–H and O–H groups in total. The zero-order valence-corrected chi connectivity index (χ0v) is 30.6. The molecule has 3 heterocycles. The minimum Gasteiger partial charge on any atom is -0.463 e. The number of halogens is 2. The number of aliphatic hydroxyl groups excluding tert-OH is 1. The van der Waals surface area contributed by atoms with Crippen LogP contribution in [0.4, 0.5) is 5.69 Å². The maximum atomic E-state index is 14.9. The van der Waals surface area contributed by atoms with Crippen LogP contribution >= 0.6 is 27.5 Å².